The Kier molecular flexibility index (Phi) is 4.13. The van der Waals surface area contributed by atoms with Crippen LogP contribution in [0.15, 0.2) is 35.3 Å². The van der Waals surface area contributed by atoms with Crippen LogP contribution in [-0.2, 0) is 0 Å². The van der Waals surface area contributed by atoms with E-state index >= 15 is 0 Å². The number of nitrogens with zero attached hydrogens (tertiary/aromatic N) is 4. The van der Waals surface area contributed by atoms with Crippen molar-refractivity contribution in [2.45, 2.75) is 39.2 Å². The van der Waals surface area contributed by atoms with Crippen molar-refractivity contribution in [2.24, 2.45) is 0 Å². The summed E-state index contributed by atoms with van der Waals surface area (Å²) in [5, 5.41) is 10.7. The van der Waals surface area contributed by atoms with Crippen LogP contribution in [0, 0.1) is 6.92 Å². The van der Waals surface area contributed by atoms with E-state index in [1.807, 2.05) is 6.92 Å². The zero-order valence-corrected chi connectivity index (χ0v) is 14.7. The zero-order chi connectivity index (χ0) is 17.4. The van der Waals surface area contributed by atoms with Crippen LogP contribution in [0.25, 0.3) is 16.6 Å². The Morgan fingerprint density at radius 3 is 2.56 bits per heavy atom. The molecule has 0 aliphatic carbocycles. The number of benzene rings is 1. The monoisotopic (exact) mass is 337 g/mol. The predicted molar refractivity (Wildman–Crippen MR) is 97.6 cm³/mol. The second-order valence-electron chi connectivity index (χ2n) is 6.83. The number of fused-ring (bicyclic) bond motifs is 1. The molecule has 0 bridgehead atoms. The van der Waals surface area contributed by atoms with E-state index in [0.717, 1.165) is 22.3 Å². The number of nitrogens with one attached hydrogen (secondary N) is 1. The Bertz CT molecular complexity index is 935. The van der Waals surface area contributed by atoms with Crippen LogP contribution in [0.1, 0.15) is 43.5 Å². The van der Waals surface area contributed by atoms with E-state index in [4.69, 9.17) is 0 Å². The lowest BCUT2D eigenvalue weighted by molar-refractivity contribution is 0.175. The molecule has 1 unspecified atom stereocenters. The highest BCUT2D eigenvalue weighted by Crippen LogP contribution is 2.30. The fourth-order valence-electron chi connectivity index (χ4n) is 3.82. The molecule has 1 aromatic carbocycles. The van der Waals surface area contributed by atoms with Gasteiger partial charge in [-0.2, -0.15) is 14.7 Å². The molecular formula is C19H23N5O. The molecule has 0 saturated carbocycles. The quantitative estimate of drug-likeness (QED) is 0.798. The number of aryl methyl sites for hydroxylation is 1. The molecular weight excluding hydrogens is 314 g/mol. The Balaban J connectivity index is 1.68. The lowest BCUT2D eigenvalue weighted by Gasteiger charge is -2.32. The van der Waals surface area contributed by atoms with E-state index in [1.54, 1.807) is 6.20 Å². The van der Waals surface area contributed by atoms with E-state index < -0.39 is 0 Å². The highest BCUT2D eigenvalue weighted by molar-refractivity contribution is 5.81. The van der Waals surface area contributed by atoms with Crippen LogP contribution in [0.5, 0.6) is 0 Å². The Morgan fingerprint density at radius 2 is 1.84 bits per heavy atom. The summed E-state index contributed by atoms with van der Waals surface area (Å²) in [7, 11) is 0. The van der Waals surface area contributed by atoms with E-state index in [-0.39, 0.29) is 5.69 Å². The number of H-pyrrole nitrogens is 1. The molecule has 1 fully saturated rings. The second kappa shape index (κ2) is 6.44. The van der Waals surface area contributed by atoms with Crippen LogP contribution in [0.2, 0.25) is 0 Å². The Hall–Kier alpha value is -2.47. The minimum Gasteiger partial charge on any atom is -0.297 e. The average Bonchev–Trinajstić information content (AvgIpc) is 2.99. The zero-order valence-electron chi connectivity index (χ0n) is 14.7. The predicted octanol–water partition coefficient (Wildman–Crippen LogP) is 2.94. The molecule has 1 saturated heterocycles. The van der Waals surface area contributed by atoms with Crippen LogP contribution < -0.4 is 5.69 Å². The first-order valence-corrected chi connectivity index (χ1v) is 8.92. The van der Waals surface area contributed by atoms with Crippen molar-refractivity contribution in [3.8, 4) is 11.1 Å². The molecule has 1 atom stereocenters. The van der Waals surface area contributed by atoms with Gasteiger partial charge in [-0.25, -0.2) is 9.89 Å². The maximum absolute atomic E-state index is 11.9. The number of aromatic amines is 1. The summed E-state index contributed by atoms with van der Waals surface area (Å²) >= 11 is 0. The van der Waals surface area contributed by atoms with Crippen LogP contribution in [0.4, 0.5) is 0 Å². The third-order valence-corrected chi connectivity index (χ3v) is 5.26. The van der Waals surface area contributed by atoms with Gasteiger partial charge in [0, 0.05) is 11.6 Å². The molecule has 3 aromatic rings. The molecule has 6 heteroatoms. The van der Waals surface area contributed by atoms with Crippen molar-refractivity contribution in [3.05, 3.63) is 52.2 Å². The van der Waals surface area contributed by atoms with Gasteiger partial charge in [0.1, 0.15) is 5.52 Å². The first-order valence-electron chi connectivity index (χ1n) is 8.92. The molecule has 4 rings (SSSR count). The summed E-state index contributed by atoms with van der Waals surface area (Å²) < 4.78 is 1.38. The van der Waals surface area contributed by atoms with Crippen LogP contribution >= 0.6 is 0 Å². The molecule has 1 aliphatic heterocycles. The molecule has 0 amide bonds. The fourth-order valence-corrected chi connectivity index (χ4v) is 3.82. The van der Waals surface area contributed by atoms with E-state index in [0.29, 0.717) is 6.04 Å². The van der Waals surface area contributed by atoms with Crippen molar-refractivity contribution in [3.63, 3.8) is 0 Å². The third-order valence-electron chi connectivity index (χ3n) is 5.26. The van der Waals surface area contributed by atoms with Crippen molar-refractivity contribution in [2.75, 3.05) is 13.1 Å². The van der Waals surface area contributed by atoms with Crippen LogP contribution in [-0.4, -0.2) is 37.8 Å². The SMILES string of the molecule is Cc1nn2c(=O)[nH]ncc2c1-c1ccc(C(C)N2CCCCC2)cc1. The van der Waals surface area contributed by atoms with Gasteiger partial charge in [0.2, 0.25) is 0 Å². The number of likely N-dealkylation sites (tertiary alicyclic amines) is 1. The maximum atomic E-state index is 11.9. The van der Waals surface area contributed by atoms with Gasteiger partial charge in [0.25, 0.3) is 0 Å². The normalized spacial score (nSPS) is 17.0. The van der Waals surface area contributed by atoms with Crippen molar-refractivity contribution >= 4 is 5.52 Å². The van der Waals surface area contributed by atoms with Gasteiger partial charge in [0.15, 0.2) is 0 Å². The number of hydrogen-bond acceptors (Lipinski definition) is 4. The third kappa shape index (κ3) is 2.87. The summed E-state index contributed by atoms with van der Waals surface area (Å²) in [5.41, 5.74) is 4.61. The summed E-state index contributed by atoms with van der Waals surface area (Å²) in [6.07, 6.45) is 5.60. The molecule has 0 spiro atoms. The van der Waals surface area contributed by atoms with Crippen molar-refractivity contribution in [1.82, 2.24) is 24.7 Å². The Labute approximate surface area is 146 Å². The molecule has 25 heavy (non-hydrogen) atoms. The fraction of sp³-hybridized carbons (Fsp3) is 0.421. The summed E-state index contributed by atoms with van der Waals surface area (Å²) in [5.74, 6) is 0. The molecule has 6 nitrogen and oxygen atoms in total. The van der Waals surface area contributed by atoms with Gasteiger partial charge in [-0.3, -0.25) is 4.90 Å². The maximum Gasteiger partial charge on any atom is 0.363 e. The number of hydrogen-bond donors (Lipinski definition) is 1. The smallest absolute Gasteiger partial charge is 0.297 e. The lowest BCUT2D eigenvalue weighted by atomic mass is 9.99. The molecule has 3 heterocycles. The van der Waals surface area contributed by atoms with E-state index in [9.17, 15) is 4.79 Å². The van der Waals surface area contributed by atoms with Gasteiger partial charge in [0.05, 0.1) is 11.9 Å². The van der Waals surface area contributed by atoms with Crippen molar-refractivity contribution in [1.29, 1.82) is 0 Å². The number of piperidine rings is 1. The summed E-state index contributed by atoms with van der Waals surface area (Å²) in [6, 6.07) is 9.07. The molecule has 1 aliphatic rings. The van der Waals surface area contributed by atoms with Crippen LogP contribution in [0.3, 0.4) is 0 Å². The largest absolute Gasteiger partial charge is 0.363 e. The summed E-state index contributed by atoms with van der Waals surface area (Å²) in [6.45, 7) is 6.57. The van der Waals surface area contributed by atoms with Gasteiger partial charge >= 0.3 is 5.69 Å². The van der Waals surface area contributed by atoms with Gasteiger partial charge in [-0.15, -0.1) is 0 Å². The molecule has 130 valence electrons. The topological polar surface area (TPSA) is 66.3 Å². The number of aromatic nitrogens is 4. The highest BCUT2D eigenvalue weighted by Gasteiger charge is 2.19. The lowest BCUT2D eigenvalue weighted by Crippen LogP contribution is -2.32. The van der Waals surface area contributed by atoms with Gasteiger partial charge in [-0.1, -0.05) is 30.7 Å². The van der Waals surface area contributed by atoms with Gasteiger partial charge in [-0.05, 0) is 50.9 Å². The minimum atomic E-state index is -0.317. The van der Waals surface area contributed by atoms with E-state index in [2.05, 4.69) is 51.4 Å². The Morgan fingerprint density at radius 1 is 1.12 bits per heavy atom. The number of rotatable bonds is 3. The minimum absolute atomic E-state index is 0.317. The first kappa shape index (κ1) is 16.0. The summed E-state index contributed by atoms with van der Waals surface area (Å²) in [4.78, 5) is 14.4. The molecule has 1 N–H and O–H groups in total. The molecule has 2 aromatic heterocycles. The highest BCUT2D eigenvalue weighted by atomic mass is 16.1. The van der Waals surface area contributed by atoms with Crippen molar-refractivity contribution < 1.29 is 0 Å². The van der Waals surface area contributed by atoms with E-state index in [1.165, 1.54) is 42.4 Å². The van der Waals surface area contributed by atoms with Gasteiger partial charge < -0.3 is 0 Å². The molecule has 0 radical (unpaired) electrons. The standard InChI is InChI=1S/C19H23N5O/c1-13-18(17-12-20-21-19(25)24(17)22-13)16-8-6-15(7-9-16)14(2)23-10-4-3-5-11-23/h6-9,12,14H,3-5,10-11H2,1-2H3,(H,21,25). The average molecular weight is 337 g/mol. The first-order chi connectivity index (χ1) is 12.1. The second-order valence-corrected chi connectivity index (χ2v) is 6.83.